The lowest BCUT2D eigenvalue weighted by molar-refractivity contribution is 0.736. The molecule has 1 heterocycles. The van der Waals surface area contributed by atoms with E-state index < -0.39 is 0 Å². The van der Waals surface area contributed by atoms with Crippen LogP contribution in [-0.4, -0.2) is 11.5 Å². The Kier molecular flexibility index (Phi) is 2.40. The quantitative estimate of drug-likeness (QED) is 0.539. The summed E-state index contributed by atoms with van der Waals surface area (Å²) >= 11 is 0. The highest BCUT2D eigenvalue weighted by molar-refractivity contribution is 5.40. The van der Waals surface area contributed by atoms with Gasteiger partial charge in [0.2, 0.25) is 0 Å². The standard InChI is InChI=1S/C7H12N4/c8-4-6(9)5-2-1-3-11-7(5)10/h1-3,6H,4,8-9H2,(H2,10,11)/t6-/m1/s1. The Bertz CT molecular complexity index is 236. The van der Waals surface area contributed by atoms with Crippen molar-refractivity contribution < 1.29 is 0 Å². The highest BCUT2D eigenvalue weighted by Gasteiger charge is 2.06. The summed E-state index contributed by atoms with van der Waals surface area (Å²) in [5.74, 6) is 0.463. The number of pyridine rings is 1. The lowest BCUT2D eigenvalue weighted by atomic mass is 10.1. The van der Waals surface area contributed by atoms with Crippen molar-refractivity contribution in [1.29, 1.82) is 0 Å². The lowest BCUT2D eigenvalue weighted by Crippen LogP contribution is -2.22. The Hall–Kier alpha value is -1.13. The number of nitrogens with zero attached hydrogens (tertiary/aromatic N) is 1. The Morgan fingerprint density at radius 3 is 2.82 bits per heavy atom. The average Bonchev–Trinajstić information content (AvgIpc) is 2.04. The fourth-order valence-corrected chi connectivity index (χ4v) is 0.870. The molecule has 6 N–H and O–H groups in total. The number of nitrogen functional groups attached to an aromatic ring is 1. The normalized spacial score (nSPS) is 12.9. The molecule has 0 aliphatic rings. The number of nitrogens with two attached hydrogens (primary N) is 3. The van der Waals surface area contributed by atoms with Gasteiger partial charge in [0.25, 0.3) is 0 Å². The Morgan fingerprint density at radius 1 is 1.55 bits per heavy atom. The van der Waals surface area contributed by atoms with Gasteiger partial charge in [-0.05, 0) is 6.07 Å². The monoisotopic (exact) mass is 152 g/mol. The van der Waals surface area contributed by atoms with Gasteiger partial charge in [-0.1, -0.05) is 6.07 Å². The van der Waals surface area contributed by atoms with E-state index >= 15 is 0 Å². The molecule has 0 radical (unpaired) electrons. The summed E-state index contributed by atoms with van der Waals surface area (Å²) in [5, 5.41) is 0. The van der Waals surface area contributed by atoms with Gasteiger partial charge in [0.1, 0.15) is 5.82 Å². The Labute approximate surface area is 65.4 Å². The molecule has 11 heavy (non-hydrogen) atoms. The van der Waals surface area contributed by atoms with E-state index in [0.29, 0.717) is 12.4 Å². The number of rotatable bonds is 2. The number of hydrogen-bond donors (Lipinski definition) is 3. The molecule has 4 heteroatoms. The van der Waals surface area contributed by atoms with E-state index in [2.05, 4.69) is 4.98 Å². The summed E-state index contributed by atoms with van der Waals surface area (Å²) < 4.78 is 0. The van der Waals surface area contributed by atoms with Crippen LogP contribution in [0.1, 0.15) is 11.6 Å². The van der Waals surface area contributed by atoms with E-state index in [9.17, 15) is 0 Å². The first-order chi connectivity index (χ1) is 5.25. The minimum atomic E-state index is -0.205. The van der Waals surface area contributed by atoms with Crippen molar-refractivity contribution in [3.63, 3.8) is 0 Å². The fraction of sp³-hybridized carbons (Fsp3) is 0.286. The summed E-state index contributed by atoms with van der Waals surface area (Å²) in [4.78, 5) is 3.89. The zero-order chi connectivity index (χ0) is 8.27. The van der Waals surface area contributed by atoms with Gasteiger partial charge < -0.3 is 17.2 Å². The van der Waals surface area contributed by atoms with Gasteiger partial charge in [0, 0.05) is 24.3 Å². The molecular formula is C7H12N4. The highest BCUT2D eigenvalue weighted by Crippen LogP contribution is 2.13. The van der Waals surface area contributed by atoms with Gasteiger partial charge in [-0.3, -0.25) is 0 Å². The molecule has 0 aliphatic carbocycles. The zero-order valence-corrected chi connectivity index (χ0v) is 6.20. The first-order valence-electron chi connectivity index (χ1n) is 3.41. The summed E-state index contributed by atoms with van der Waals surface area (Å²) in [6.07, 6.45) is 1.63. The van der Waals surface area contributed by atoms with Gasteiger partial charge in [0.05, 0.1) is 0 Å². The topological polar surface area (TPSA) is 91.0 Å². The Balaban J connectivity index is 2.93. The van der Waals surface area contributed by atoms with Crippen LogP contribution in [-0.2, 0) is 0 Å². The van der Waals surface area contributed by atoms with Gasteiger partial charge >= 0.3 is 0 Å². The first-order valence-corrected chi connectivity index (χ1v) is 3.41. The van der Waals surface area contributed by atoms with Crippen molar-refractivity contribution in [1.82, 2.24) is 4.98 Å². The number of aromatic nitrogens is 1. The smallest absolute Gasteiger partial charge is 0.128 e. The maximum atomic E-state index is 5.65. The van der Waals surface area contributed by atoms with Crippen LogP contribution in [0.15, 0.2) is 18.3 Å². The SMILES string of the molecule is NC[C@@H](N)c1cccnc1N. The molecule has 0 bridgehead atoms. The molecule has 60 valence electrons. The van der Waals surface area contributed by atoms with Crippen LogP contribution in [0.3, 0.4) is 0 Å². The van der Waals surface area contributed by atoms with Crippen LogP contribution in [0.2, 0.25) is 0 Å². The first kappa shape index (κ1) is 7.97. The van der Waals surface area contributed by atoms with Crippen LogP contribution >= 0.6 is 0 Å². The Morgan fingerprint density at radius 2 is 2.27 bits per heavy atom. The van der Waals surface area contributed by atoms with E-state index in [1.165, 1.54) is 0 Å². The highest BCUT2D eigenvalue weighted by atomic mass is 14.8. The van der Waals surface area contributed by atoms with Crippen LogP contribution in [0.5, 0.6) is 0 Å². The van der Waals surface area contributed by atoms with E-state index in [1.54, 1.807) is 12.3 Å². The molecule has 4 nitrogen and oxygen atoms in total. The lowest BCUT2D eigenvalue weighted by Gasteiger charge is -2.09. The van der Waals surface area contributed by atoms with Crippen LogP contribution in [0.4, 0.5) is 5.82 Å². The molecule has 1 atom stereocenters. The molecule has 0 saturated carbocycles. The van der Waals surface area contributed by atoms with Crippen molar-refractivity contribution in [2.45, 2.75) is 6.04 Å². The summed E-state index contributed by atoms with van der Waals surface area (Å²) in [5.41, 5.74) is 17.4. The van der Waals surface area contributed by atoms with Crippen LogP contribution in [0.25, 0.3) is 0 Å². The summed E-state index contributed by atoms with van der Waals surface area (Å²) in [7, 11) is 0. The number of hydrogen-bond acceptors (Lipinski definition) is 4. The van der Waals surface area contributed by atoms with E-state index in [-0.39, 0.29) is 6.04 Å². The molecule has 0 unspecified atom stereocenters. The zero-order valence-electron chi connectivity index (χ0n) is 6.20. The van der Waals surface area contributed by atoms with Crippen LogP contribution < -0.4 is 17.2 Å². The molecule has 0 fully saturated rings. The molecular weight excluding hydrogens is 140 g/mol. The van der Waals surface area contributed by atoms with E-state index in [0.717, 1.165) is 5.56 Å². The third-order valence-corrected chi connectivity index (χ3v) is 1.52. The molecule has 1 rings (SSSR count). The summed E-state index contributed by atoms with van der Waals surface area (Å²) in [6.45, 7) is 0.385. The minimum Gasteiger partial charge on any atom is -0.383 e. The molecule has 0 spiro atoms. The average molecular weight is 152 g/mol. The van der Waals surface area contributed by atoms with E-state index in [1.807, 2.05) is 6.07 Å². The van der Waals surface area contributed by atoms with Crippen LogP contribution in [0, 0.1) is 0 Å². The largest absolute Gasteiger partial charge is 0.383 e. The second-order valence-corrected chi connectivity index (χ2v) is 2.32. The molecule has 0 amide bonds. The third kappa shape index (κ3) is 1.66. The third-order valence-electron chi connectivity index (χ3n) is 1.52. The fourth-order valence-electron chi connectivity index (χ4n) is 0.870. The molecule has 1 aromatic rings. The van der Waals surface area contributed by atoms with Crippen molar-refractivity contribution >= 4 is 5.82 Å². The predicted molar refractivity (Wildman–Crippen MR) is 44.6 cm³/mol. The van der Waals surface area contributed by atoms with Gasteiger partial charge in [-0.15, -0.1) is 0 Å². The second kappa shape index (κ2) is 3.32. The molecule has 0 aromatic carbocycles. The molecule has 0 saturated heterocycles. The van der Waals surface area contributed by atoms with E-state index in [4.69, 9.17) is 17.2 Å². The second-order valence-electron chi connectivity index (χ2n) is 2.32. The maximum absolute atomic E-state index is 5.65. The summed E-state index contributed by atoms with van der Waals surface area (Å²) in [6, 6.07) is 3.42. The van der Waals surface area contributed by atoms with Crippen molar-refractivity contribution in [3.05, 3.63) is 23.9 Å². The maximum Gasteiger partial charge on any atom is 0.128 e. The minimum absolute atomic E-state index is 0.205. The van der Waals surface area contributed by atoms with Gasteiger partial charge in [0.15, 0.2) is 0 Å². The van der Waals surface area contributed by atoms with Crippen molar-refractivity contribution in [2.24, 2.45) is 11.5 Å². The van der Waals surface area contributed by atoms with Gasteiger partial charge in [-0.25, -0.2) is 4.98 Å². The number of anilines is 1. The molecule has 0 aliphatic heterocycles. The van der Waals surface area contributed by atoms with Crippen molar-refractivity contribution in [3.8, 4) is 0 Å². The molecule has 1 aromatic heterocycles. The predicted octanol–water partition coefficient (Wildman–Crippen LogP) is -0.378. The van der Waals surface area contributed by atoms with Crippen molar-refractivity contribution in [2.75, 3.05) is 12.3 Å². The van der Waals surface area contributed by atoms with Gasteiger partial charge in [-0.2, -0.15) is 0 Å².